The predicted molar refractivity (Wildman–Crippen MR) is 121 cm³/mol. The van der Waals surface area contributed by atoms with Crippen molar-refractivity contribution >= 4 is 11.5 Å². The molecule has 2 aromatic carbocycles. The lowest BCUT2D eigenvalue weighted by molar-refractivity contribution is -0.143. The number of hydrogen-bond acceptors (Lipinski definition) is 5. The second kappa shape index (κ2) is 11.6. The number of aryl methyl sites for hydroxylation is 1. The van der Waals surface area contributed by atoms with Crippen molar-refractivity contribution in [2.75, 3.05) is 13.2 Å². The molecule has 3 aromatic rings. The molecule has 5 nitrogen and oxygen atoms in total. The molecule has 0 aliphatic heterocycles. The fraction of sp³-hybridized carbons (Fsp3) is 0.231. The van der Waals surface area contributed by atoms with Crippen molar-refractivity contribution in [1.29, 1.82) is 0 Å². The van der Waals surface area contributed by atoms with Crippen molar-refractivity contribution in [2.24, 2.45) is 0 Å². The first kappa shape index (κ1) is 22.1. The summed E-state index contributed by atoms with van der Waals surface area (Å²) in [6, 6.07) is 21.5. The standard InChI is InChI=1S/C26H27NO4/c1-3-29-26(28)16-12-21-11-15-25(27-17-21)31-19-22-9-13-24(14-10-22)30-18-20(2)23-7-5-4-6-8-23/h4-11,13-15,17H,2-3,12,16,18-19H2,1H3. The van der Waals surface area contributed by atoms with Gasteiger partial charge in [-0.2, -0.15) is 0 Å². The first-order chi connectivity index (χ1) is 15.1. The smallest absolute Gasteiger partial charge is 0.306 e. The van der Waals surface area contributed by atoms with Gasteiger partial charge in [-0.05, 0) is 47.7 Å². The minimum absolute atomic E-state index is 0.195. The third-order valence-electron chi connectivity index (χ3n) is 4.63. The number of carbonyl (C=O) groups excluding carboxylic acids is 1. The largest absolute Gasteiger partial charge is 0.489 e. The number of nitrogens with zero attached hydrogens (tertiary/aromatic N) is 1. The Morgan fingerprint density at radius 2 is 1.68 bits per heavy atom. The van der Waals surface area contributed by atoms with E-state index in [1.165, 1.54) is 0 Å². The van der Waals surface area contributed by atoms with Gasteiger partial charge in [0.2, 0.25) is 5.88 Å². The highest BCUT2D eigenvalue weighted by atomic mass is 16.5. The lowest BCUT2D eigenvalue weighted by atomic mass is 10.1. The van der Waals surface area contributed by atoms with Gasteiger partial charge in [-0.3, -0.25) is 4.79 Å². The van der Waals surface area contributed by atoms with Gasteiger partial charge in [-0.1, -0.05) is 55.1 Å². The molecule has 0 N–H and O–H groups in total. The maximum Gasteiger partial charge on any atom is 0.306 e. The zero-order valence-electron chi connectivity index (χ0n) is 17.8. The Balaban J connectivity index is 1.42. The Morgan fingerprint density at radius 1 is 0.935 bits per heavy atom. The van der Waals surface area contributed by atoms with Crippen molar-refractivity contribution < 1.29 is 19.0 Å². The zero-order valence-corrected chi connectivity index (χ0v) is 17.8. The number of esters is 1. The van der Waals surface area contributed by atoms with Crippen LogP contribution in [-0.4, -0.2) is 24.2 Å². The number of carbonyl (C=O) groups is 1. The van der Waals surface area contributed by atoms with E-state index in [2.05, 4.69) is 11.6 Å². The van der Waals surface area contributed by atoms with Crippen LogP contribution in [-0.2, 0) is 22.6 Å². The van der Waals surface area contributed by atoms with Crippen molar-refractivity contribution in [2.45, 2.75) is 26.4 Å². The first-order valence-corrected chi connectivity index (χ1v) is 10.3. The van der Waals surface area contributed by atoms with Gasteiger partial charge in [0, 0.05) is 18.7 Å². The number of hydrogen-bond donors (Lipinski definition) is 0. The Kier molecular flexibility index (Phi) is 8.23. The monoisotopic (exact) mass is 417 g/mol. The Morgan fingerprint density at radius 3 is 2.35 bits per heavy atom. The second-order valence-corrected chi connectivity index (χ2v) is 7.00. The highest BCUT2D eigenvalue weighted by Crippen LogP contribution is 2.18. The molecular weight excluding hydrogens is 390 g/mol. The molecule has 0 radical (unpaired) electrons. The van der Waals surface area contributed by atoms with Crippen LogP contribution in [0.4, 0.5) is 0 Å². The van der Waals surface area contributed by atoms with Crippen molar-refractivity contribution in [1.82, 2.24) is 4.98 Å². The number of pyridine rings is 1. The summed E-state index contributed by atoms with van der Waals surface area (Å²) in [6.07, 6.45) is 2.68. The molecule has 160 valence electrons. The molecule has 0 aliphatic rings. The number of benzene rings is 2. The first-order valence-electron chi connectivity index (χ1n) is 10.3. The van der Waals surface area contributed by atoms with Gasteiger partial charge in [0.15, 0.2) is 0 Å². The Bertz CT molecular complexity index is 967. The molecule has 5 heteroatoms. The van der Waals surface area contributed by atoms with E-state index in [1.54, 1.807) is 13.1 Å². The summed E-state index contributed by atoms with van der Waals surface area (Å²) in [4.78, 5) is 15.7. The van der Waals surface area contributed by atoms with Crippen LogP contribution in [0, 0.1) is 0 Å². The Hall–Kier alpha value is -3.60. The second-order valence-electron chi connectivity index (χ2n) is 7.00. The molecule has 0 aliphatic carbocycles. The molecule has 0 amide bonds. The third-order valence-corrected chi connectivity index (χ3v) is 4.63. The van der Waals surface area contributed by atoms with E-state index in [0.717, 1.165) is 28.0 Å². The van der Waals surface area contributed by atoms with Crippen LogP contribution < -0.4 is 9.47 Å². The normalized spacial score (nSPS) is 10.4. The summed E-state index contributed by atoms with van der Waals surface area (Å²) < 4.78 is 16.5. The molecule has 1 aromatic heterocycles. The van der Waals surface area contributed by atoms with Gasteiger partial charge in [0.1, 0.15) is 19.0 Å². The van der Waals surface area contributed by atoms with E-state index < -0.39 is 0 Å². The molecule has 0 atom stereocenters. The topological polar surface area (TPSA) is 57.7 Å². The maximum atomic E-state index is 11.4. The molecule has 31 heavy (non-hydrogen) atoms. The molecule has 0 saturated heterocycles. The summed E-state index contributed by atoms with van der Waals surface area (Å²) in [6.45, 7) is 7.13. The highest BCUT2D eigenvalue weighted by molar-refractivity contribution is 5.69. The van der Waals surface area contributed by atoms with Crippen LogP contribution in [0.15, 0.2) is 79.5 Å². The summed E-state index contributed by atoms with van der Waals surface area (Å²) in [7, 11) is 0. The van der Waals surface area contributed by atoms with Crippen LogP contribution in [0.2, 0.25) is 0 Å². The number of aromatic nitrogens is 1. The van der Waals surface area contributed by atoms with E-state index in [1.807, 2.05) is 66.7 Å². The van der Waals surface area contributed by atoms with Gasteiger partial charge in [0.05, 0.1) is 6.61 Å². The average molecular weight is 418 g/mol. The minimum atomic E-state index is -0.195. The van der Waals surface area contributed by atoms with Gasteiger partial charge in [0.25, 0.3) is 0 Å². The lowest BCUT2D eigenvalue weighted by Gasteiger charge is -2.10. The molecule has 0 unspecified atom stereocenters. The number of rotatable bonds is 11. The van der Waals surface area contributed by atoms with Crippen molar-refractivity contribution in [3.8, 4) is 11.6 Å². The van der Waals surface area contributed by atoms with E-state index in [9.17, 15) is 4.79 Å². The quantitative estimate of drug-likeness (QED) is 0.399. The van der Waals surface area contributed by atoms with E-state index in [-0.39, 0.29) is 5.97 Å². The summed E-state index contributed by atoms with van der Waals surface area (Å²) in [5.41, 5.74) is 4.00. The van der Waals surface area contributed by atoms with E-state index in [0.29, 0.717) is 38.5 Å². The van der Waals surface area contributed by atoms with Crippen molar-refractivity contribution in [3.63, 3.8) is 0 Å². The zero-order chi connectivity index (χ0) is 21.9. The molecule has 0 fully saturated rings. The maximum absolute atomic E-state index is 11.4. The molecular formula is C26H27NO4. The molecule has 1 heterocycles. The fourth-order valence-corrected chi connectivity index (χ4v) is 2.89. The molecule has 0 bridgehead atoms. The predicted octanol–water partition coefficient (Wildman–Crippen LogP) is 5.25. The van der Waals surface area contributed by atoms with Gasteiger partial charge in [-0.15, -0.1) is 0 Å². The van der Waals surface area contributed by atoms with Crippen LogP contribution in [0.1, 0.15) is 30.0 Å². The molecule has 0 spiro atoms. The summed E-state index contributed by atoms with van der Waals surface area (Å²) >= 11 is 0. The highest BCUT2D eigenvalue weighted by Gasteiger charge is 2.05. The average Bonchev–Trinajstić information content (AvgIpc) is 2.82. The van der Waals surface area contributed by atoms with Crippen LogP contribution in [0.5, 0.6) is 11.6 Å². The van der Waals surface area contributed by atoms with E-state index >= 15 is 0 Å². The van der Waals surface area contributed by atoms with Crippen LogP contribution in [0.3, 0.4) is 0 Å². The van der Waals surface area contributed by atoms with Gasteiger partial charge < -0.3 is 14.2 Å². The van der Waals surface area contributed by atoms with Crippen molar-refractivity contribution in [3.05, 3.63) is 96.2 Å². The summed E-state index contributed by atoms with van der Waals surface area (Å²) in [5, 5.41) is 0. The molecule has 0 saturated carbocycles. The third kappa shape index (κ3) is 7.30. The Labute approximate surface area is 183 Å². The van der Waals surface area contributed by atoms with E-state index in [4.69, 9.17) is 14.2 Å². The number of ether oxygens (including phenoxy) is 3. The SMILES string of the molecule is C=C(COc1ccc(COc2ccc(CCC(=O)OCC)cn2)cc1)c1ccccc1. The minimum Gasteiger partial charge on any atom is -0.489 e. The van der Waals surface area contributed by atoms with Crippen LogP contribution >= 0.6 is 0 Å². The fourth-order valence-electron chi connectivity index (χ4n) is 2.89. The van der Waals surface area contributed by atoms with Crippen LogP contribution in [0.25, 0.3) is 5.57 Å². The molecule has 3 rings (SSSR count). The van der Waals surface area contributed by atoms with Gasteiger partial charge in [-0.25, -0.2) is 4.98 Å². The van der Waals surface area contributed by atoms with Gasteiger partial charge >= 0.3 is 5.97 Å². The summed E-state index contributed by atoms with van der Waals surface area (Å²) in [5.74, 6) is 1.13. The lowest BCUT2D eigenvalue weighted by Crippen LogP contribution is -2.05.